The third kappa shape index (κ3) is 3.15. The summed E-state index contributed by atoms with van der Waals surface area (Å²) in [5.74, 6) is 0. The summed E-state index contributed by atoms with van der Waals surface area (Å²) in [6.07, 6.45) is 0. The summed E-state index contributed by atoms with van der Waals surface area (Å²) >= 11 is 0. The molecule has 1 aromatic heterocycles. The number of benzene rings is 6. The first kappa shape index (κ1) is 22.2. The van der Waals surface area contributed by atoms with Crippen molar-refractivity contribution in [3.05, 3.63) is 139 Å². The van der Waals surface area contributed by atoms with Gasteiger partial charge < -0.3 is 9.32 Å². The van der Waals surface area contributed by atoms with E-state index in [1.54, 1.807) is 0 Å². The lowest BCUT2D eigenvalue weighted by molar-refractivity contribution is 0.660. The van der Waals surface area contributed by atoms with Gasteiger partial charge in [0.15, 0.2) is 0 Å². The monoisotopic (exact) mass is 501 g/mol. The van der Waals surface area contributed by atoms with Crippen LogP contribution < -0.4 is 4.90 Å². The molecule has 0 aliphatic heterocycles. The van der Waals surface area contributed by atoms with E-state index in [2.05, 4.69) is 140 Å². The third-order valence-electron chi connectivity index (χ3n) is 8.44. The van der Waals surface area contributed by atoms with Crippen molar-refractivity contribution >= 4 is 49.8 Å². The molecule has 0 atom stereocenters. The number of hydrogen-bond acceptors (Lipinski definition) is 2. The first-order valence-corrected chi connectivity index (χ1v) is 13.5. The lowest BCUT2D eigenvalue weighted by Crippen LogP contribution is -2.15. The Hall–Kier alpha value is -4.82. The Labute approximate surface area is 227 Å². The van der Waals surface area contributed by atoms with Gasteiger partial charge >= 0.3 is 0 Å². The highest BCUT2D eigenvalue weighted by Crippen LogP contribution is 2.51. The van der Waals surface area contributed by atoms with Gasteiger partial charge in [0, 0.05) is 39.0 Å². The molecule has 0 radical (unpaired) electrons. The van der Waals surface area contributed by atoms with Gasteiger partial charge in [-0.15, -0.1) is 0 Å². The summed E-state index contributed by atoms with van der Waals surface area (Å²) in [4.78, 5) is 2.38. The van der Waals surface area contributed by atoms with Gasteiger partial charge in [0.05, 0.1) is 5.69 Å². The van der Waals surface area contributed by atoms with Crippen LogP contribution in [0.5, 0.6) is 0 Å². The molecule has 1 aliphatic carbocycles. The number of furan rings is 1. The summed E-state index contributed by atoms with van der Waals surface area (Å²) in [7, 11) is 0. The zero-order chi connectivity index (χ0) is 26.1. The Bertz CT molecular complexity index is 2050. The fourth-order valence-corrected chi connectivity index (χ4v) is 6.61. The molecule has 0 N–H and O–H groups in total. The summed E-state index contributed by atoms with van der Waals surface area (Å²) in [6, 6.07) is 45.7. The molecule has 1 heterocycles. The number of rotatable bonds is 3. The van der Waals surface area contributed by atoms with Crippen LogP contribution in [0.25, 0.3) is 43.8 Å². The van der Waals surface area contributed by atoms with Crippen LogP contribution in [0.3, 0.4) is 0 Å². The van der Waals surface area contributed by atoms with Crippen molar-refractivity contribution in [3.8, 4) is 11.1 Å². The van der Waals surface area contributed by atoms with E-state index < -0.39 is 0 Å². The zero-order valence-corrected chi connectivity index (χ0v) is 22.0. The molecular weight excluding hydrogens is 474 g/mol. The largest absolute Gasteiger partial charge is 0.456 e. The summed E-state index contributed by atoms with van der Waals surface area (Å²) in [5, 5.41) is 4.71. The van der Waals surface area contributed by atoms with Crippen LogP contribution in [0.4, 0.5) is 17.1 Å². The van der Waals surface area contributed by atoms with Crippen LogP contribution in [0, 0.1) is 0 Å². The minimum Gasteiger partial charge on any atom is -0.456 e. The average molecular weight is 502 g/mol. The zero-order valence-electron chi connectivity index (χ0n) is 22.0. The minimum atomic E-state index is -0.0259. The quantitative estimate of drug-likeness (QED) is 0.239. The van der Waals surface area contributed by atoms with Gasteiger partial charge in [-0.2, -0.15) is 0 Å². The molecule has 1 aliphatic rings. The van der Waals surface area contributed by atoms with Crippen molar-refractivity contribution in [2.75, 3.05) is 4.90 Å². The number of nitrogens with zero attached hydrogens (tertiary/aromatic N) is 1. The minimum absolute atomic E-state index is 0.0259. The number of anilines is 3. The van der Waals surface area contributed by atoms with Crippen LogP contribution >= 0.6 is 0 Å². The highest BCUT2D eigenvalue weighted by Gasteiger charge is 2.35. The number of hydrogen-bond donors (Lipinski definition) is 0. The fourth-order valence-electron chi connectivity index (χ4n) is 6.61. The molecule has 0 amide bonds. The first-order chi connectivity index (χ1) is 19.1. The molecule has 0 fully saturated rings. The Morgan fingerprint density at radius 2 is 1.18 bits per heavy atom. The van der Waals surface area contributed by atoms with Gasteiger partial charge in [-0.05, 0) is 58.0 Å². The van der Waals surface area contributed by atoms with E-state index in [1.807, 2.05) is 6.07 Å². The van der Waals surface area contributed by atoms with Gasteiger partial charge in [0.1, 0.15) is 11.2 Å². The molecule has 7 aromatic rings. The van der Waals surface area contributed by atoms with Gasteiger partial charge in [-0.3, -0.25) is 0 Å². The maximum Gasteiger partial charge on any atom is 0.138 e. The van der Waals surface area contributed by atoms with Crippen molar-refractivity contribution in [3.63, 3.8) is 0 Å². The van der Waals surface area contributed by atoms with Gasteiger partial charge in [0.25, 0.3) is 0 Å². The highest BCUT2D eigenvalue weighted by molar-refractivity contribution is 6.22. The van der Waals surface area contributed by atoms with E-state index in [-0.39, 0.29) is 5.41 Å². The van der Waals surface area contributed by atoms with E-state index >= 15 is 0 Å². The Kier molecular flexibility index (Phi) is 4.60. The van der Waals surface area contributed by atoms with Crippen LogP contribution in [-0.2, 0) is 5.41 Å². The first-order valence-electron chi connectivity index (χ1n) is 13.5. The normalized spacial score (nSPS) is 13.6. The molecule has 2 heteroatoms. The second-order valence-electron chi connectivity index (χ2n) is 11.0. The summed E-state index contributed by atoms with van der Waals surface area (Å²) in [5.41, 5.74) is 10.5. The maximum atomic E-state index is 6.44. The lowest BCUT2D eigenvalue weighted by atomic mass is 9.82. The molecule has 0 spiro atoms. The topological polar surface area (TPSA) is 16.4 Å². The SMILES string of the molecule is CC1(C)c2ccccc2-c2cc(N(c3ccccc3)c3cc4oc5ccccc5c4c4ccccc34)ccc21. The van der Waals surface area contributed by atoms with Crippen molar-refractivity contribution in [1.82, 2.24) is 0 Å². The molecule has 0 bridgehead atoms. The molecule has 0 saturated heterocycles. The molecule has 8 rings (SSSR count). The Balaban J connectivity index is 1.44. The Morgan fingerprint density at radius 1 is 0.513 bits per heavy atom. The number of fused-ring (bicyclic) bond motifs is 8. The van der Waals surface area contributed by atoms with E-state index in [0.717, 1.165) is 33.6 Å². The second kappa shape index (κ2) is 8.09. The molecular formula is C37H27NO. The standard InChI is InChI=1S/C37H27NO/c1-37(2)31-18-10-8-14-26(31)30-22-25(20-21-32(30)37)38(24-12-4-3-5-13-24)33-23-35-36(28-16-7-6-15-27(28)33)29-17-9-11-19-34(29)39-35/h3-23H,1-2H3. The van der Waals surface area contributed by atoms with Crippen LogP contribution in [0.15, 0.2) is 132 Å². The Morgan fingerprint density at radius 3 is 2.03 bits per heavy atom. The third-order valence-corrected chi connectivity index (χ3v) is 8.44. The predicted octanol–water partition coefficient (Wildman–Crippen LogP) is 10.5. The van der Waals surface area contributed by atoms with E-state index in [9.17, 15) is 0 Å². The smallest absolute Gasteiger partial charge is 0.138 e. The summed E-state index contributed by atoms with van der Waals surface area (Å²) in [6.45, 7) is 4.66. The molecule has 0 saturated carbocycles. The van der Waals surface area contributed by atoms with E-state index in [0.29, 0.717) is 0 Å². The van der Waals surface area contributed by atoms with Crippen LogP contribution in [0.2, 0.25) is 0 Å². The molecule has 2 nitrogen and oxygen atoms in total. The van der Waals surface area contributed by atoms with Crippen molar-refractivity contribution in [2.24, 2.45) is 0 Å². The fraction of sp³-hybridized carbons (Fsp3) is 0.0811. The molecule has 6 aromatic carbocycles. The molecule has 39 heavy (non-hydrogen) atoms. The predicted molar refractivity (Wildman–Crippen MR) is 163 cm³/mol. The van der Waals surface area contributed by atoms with Crippen molar-refractivity contribution < 1.29 is 4.42 Å². The second-order valence-corrected chi connectivity index (χ2v) is 11.0. The van der Waals surface area contributed by atoms with E-state index in [1.165, 1.54) is 38.4 Å². The molecule has 186 valence electrons. The van der Waals surface area contributed by atoms with Gasteiger partial charge in [-0.1, -0.05) is 105 Å². The maximum absolute atomic E-state index is 6.44. The highest BCUT2D eigenvalue weighted by atomic mass is 16.3. The average Bonchev–Trinajstić information content (AvgIpc) is 3.46. The van der Waals surface area contributed by atoms with Gasteiger partial charge in [0.2, 0.25) is 0 Å². The van der Waals surface area contributed by atoms with Crippen molar-refractivity contribution in [2.45, 2.75) is 19.3 Å². The van der Waals surface area contributed by atoms with E-state index in [4.69, 9.17) is 4.42 Å². The van der Waals surface area contributed by atoms with Gasteiger partial charge in [-0.25, -0.2) is 0 Å². The number of para-hydroxylation sites is 2. The summed E-state index contributed by atoms with van der Waals surface area (Å²) < 4.78 is 6.44. The lowest BCUT2D eigenvalue weighted by Gasteiger charge is -2.28. The van der Waals surface area contributed by atoms with Crippen LogP contribution in [0.1, 0.15) is 25.0 Å². The molecule has 0 unspecified atom stereocenters. The van der Waals surface area contributed by atoms with Crippen molar-refractivity contribution in [1.29, 1.82) is 0 Å². The van der Waals surface area contributed by atoms with Crippen LogP contribution in [-0.4, -0.2) is 0 Å².